The Hall–Kier alpha value is -1.55. The van der Waals surface area contributed by atoms with Gasteiger partial charge in [-0.25, -0.2) is 0 Å². The van der Waals surface area contributed by atoms with Gasteiger partial charge >= 0.3 is 5.97 Å². The van der Waals surface area contributed by atoms with E-state index in [-0.39, 0.29) is 23.8 Å². The summed E-state index contributed by atoms with van der Waals surface area (Å²) in [6.45, 7) is 5.93. The maximum absolute atomic E-state index is 12.8. The zero-order chi connectivity index (χ0) is 21.0. The summed E-state index contributed by atoms with van der Waals surface area (Å²) < 4.78 is 11.8. The summed E-state index contributed by atoms with van der Waals surface area (Å²) >= 11 is 6.39. The Morgan fingerprint density at radius 2 is 1.97 bits per heavy atom. The molecule has 5 heteroatoms. The van der Waals surface area contributed by atoms with Crippen LogP contribution < -0.4 is 4.74 Å². The van der Waals surface area contributed by atoms with Crippen LogP contribution >= 0.6 is 11.6 Å². The van der Waals surface area contributed by atoms with Crippen molar-refractivity contribution >= 4 is 23.4 Å². The van der Waals surface area contributed by atoms with Gasteiger partial charge in [-0.05, 0) is 69.6 Å². The van der Waals surface area contributed by atoms with E-state index in [1.807, 2.05) is 39.0 Å². The molecule has 0 amide bonds. The molecule has 2 unspecified atom stereocenters. The summed E-state index contributed by atoms with van der Waals surface area (Å²) in [6, 6.07) is 5.83. The first-order valence-electron chi connectivity index (χ1n) is 11.1. The number of Topliss-reactive ketones (excluding diaryl/α,β-unsaturated/α-hetero) is 1. The molecule has 0 radical (unpaired) electrons. The maximum Gasteiger partial charge on any atom is 0.317 e. The van der Waals surface area contributed by atoms with Crippen molar-refractivity contribution in [1.29, 1.82) is 0 Å². The molecule has 0 N–H and O–H groups in total. The molecular formula is C24H33ClO4. The van der Waals surface area contributed by atoms with Crippen molar-refractivity contribution in [1.82, 2.24) is 0 Å². The SMILES string of the molecule is CCCC1C(=O)CC(CCc2ccc(OC(C)C)c(Cl)c2)(C2CCCC2)OC1=O. The molecule has 0 aromatic heterocycles. The maximum atomic E-state index is 12.8. The number of carbonyl (C=O) groups is 2. The summed E-state index contributed by atoms with van der Waals surface area (Å²) in [5.41, 5.74) is 0.414. The molecule has 1 aromatic carbocycles. The molecular weight excluding hydrogens is 388 g/mol. The van der Waals surface area contributed by atoms with Crippen LogP contribution in [0.15, 0.2) is 18.2 Å². The summed E-state index contributed by atoms with van der Waals surface area (Å²) in [5, 5.41) is 0.589. The molecule has 2 aliphatic rings. The van der Waals surface area contributed by atoms with E-state index in [0.29, 0.717) is 30.0 Å². The van der Waals surface area contributed by atoms with Crippen molar-refractivity contribution in [3.8, 4) is 5.75 Å². The molecule has 1 saturated heterocycles. The van der Waals surface area contributed by atoms with Gasteiger partial charge in [-0.1, -0.05) is 43.9 Å². The fraction of sp³-hybridized carbons (Fsp3) is 0.667. The van der Waals surface area contributed by atoms with Crippen LogP contribution in [0.5, 0.6) is 5.75 Å². The second-order valence-electron chi connectivity index (χ2n) is 8.88. The second kappa shape index (κ2) is 9.51. The first-order chi connectivity index (χ1) is 13.8. The number of esters is 1. The highest BCUT2D eigenvalue weighted by Gasteiger charge is 2.51. The van der Waals surface area contributed by atoms with Crippen molar-refractivity contribution in [2.24, 2.45) is 11.8 Å². The minimum atomic E-state index is -0.658. The molecule has 1 heterocycles. The Labute approximate surface area is 179 Å². The van der Waals surface area contributed by atoms with E-state index in [2.05, 4.69) is 0 Å². The fourth-order valence-corrected chi connectivity index (χ4v) is 5.10. The normalized spacial score (nSPS) is 25.5. The van der Waals surface area contributed by atoms with Crippen LogP contribution in [0.1, 0.15) is 77.7 Å². The number of hydrogen-bond acceptors (Lipinski definition) is 4. The van der Waals surface area contributed by atoms with Gasteiger partial charge in [0.2, 0.25) is 0 Å². The van der Waals surface area contributed by atoms with Crippen LogP contribution in [0, 0.1) is 11.8 Å². The second-order valence-corrected chi connectivity index (χ2v) is 9.29. The summed E-state index contributed by atoms with van der Waals surface area (Å²) in [4.78, 5) is 25.5. The van der Waals surface area contributed by atoms with Crippen molar-refractivity contribution in [2.45, 2.75) is 90.3 Å². The van der Waals surface area contributed by atoms with Crippen LogP contribution in [0.3, 0.4) is 0 Å². The zero-order valence-electron chi connectivity index (χ0n) is 17.8. The van der Waals surface area contributed by atoms with E-state index in [4.69, 9.17) is 21.1 Å². The van der Waals surface area contributed by atoms with Crippen molar-refractivity contribution < 1.29 is 19.1 Å². The van der Waals surface area contributed by atoms with Crippen LogP contribution in [-0.4, -0.2) is 23.5 Å². The van der Waals surface area contributed by atoms with Gasteiger partial charge in [0.25, 0.3) is 0 Å². The Morgan fingerprint density at radius 1 is 1.24 bits per heavy atom. The van der Waals surface area contributed by atoms with E-state index >= 15 is 0 Å². The first kappa shape index (κ1) is 22.1. The summed E-state index contributed by atoms with van der Waals surface area (Å²) in [5.74, 6) is 0.133. The third-order valence-corrected chi connectivity index (χ3v) is 6.62. The third-order valence-electron chi connectivity index (χ3n) is 6.32. The summed E-state index contributed by atoms with van der Waals surface area (Å²) in [6.07, 6.45) is 7.54. The molecule has 0 bridgehead atoms. The van der Waals surface area contributed by atoms with Gasteiger partial charge in [-0.3, -0.25) is 9.59 Å². The van der Waals surface area contributed by atoms with Crippen molar-refractivity contribution in [2.75, 3.05) is 0 Å². The molecule has 1 aliphatic heterocycles. The average molecular weight is 421 g/mol. The Morgan fingerprint density at radius 3 is 2.55 bits per heavy atom. The minimum Gasteiger partial charge on any atom is -0.489 e. The van der Waals surface area contributed by atoms with E-state index in [1.165, 1.54) is 0 Å². The van der Waals surface area contributed by atoms with Crippen LogP contribution in [0.25, 0.3) is 0 Å². The highest BCUT2D eigenvalue weighted by Crippen LogP contribution is 2.45. The van der Waals surface area contributed by atoms with Crippen LogP contribution in [-0.2, 0) is 20.7 Å². The number of halogens is 1. The van der Waals surface area contributed by atoms with Gasteiger partial charge in [0, 0.05) is 6.42 Å². The van der Waals surface area contributed by atoms with Gasteiger partial charge in [0.05, 0.1) is 11.1 Å². The molecule has 160 valence electrons. The lowest BCUT2D eigenvalue weighted by atomic mass is 9.73. The Kier molecular flexibility index (Phi) is 7.26. The number of aryl methyl sites for hydroxylation is 1. The number of ketones is 1. The average Bonchev–Trinajstić information content (AvgIpc) is 3.20. The standard InChI is InChI=1S/C24H33ClO4/c1-4-7-19-21(26)15-24(29-23(19)27,18-8-5-6-9-18)13-12-17-10-11-22(20(25)14-17)28-16(2)3/h10-11,14,16,18-19H,4-9,12-13,15H2,1-3H3. The molecule has 1 saturated carbocycles. The van der Waals surface area contributed by atoms with Gasteiger partial charge in [-0.15, -0.1) is 0 Å². The number of ether oxygens (including phenoxy) is 2. The lowest BCUT2D eigenvalue weighted by molar-refractivity contribution is -0.186. The van der Waals surface area contributed by atoms with E-state index in [0.717, 1.165) is 44.1 Å². The number of rotatable bonds is 8. The largest absolute Gasteiger partial charge is 0.489 e. The van der Waals surface area contributed by atoms with Gasteiger partial charge in [0.15, 0.2) is 5.78 Å². The number of carbonyl (C=O) groups excluding carboxylic acids is 2. The molecule has 29 heavy (non-hydrogen) atoms. The first-order valence-corrected chi connectivity index (χ1v) is 11.4. The number of hydrogen-bond donors (Lipinski definition) is 0. The lowest BCUT2D eigenvalue weighted by Crippen LogP contribution is -2.51. The molecule has 1 aliphatic carbocycles. The zero-order valence-corrected chi connectivity index (χ0v) is 18.6. The van der Waals surface area contributed by atoms with Gasteiger partial charge in [0.1, 0.15) is 17.3 Å². The molecule has 2 fully saturated rings. The predicted molar refractivity (Wildman–Crippen MR) is 114 cm³/mol. The quantitative estimate of drug-likeness (QED) is 0.386. The minimum absolute atomic E-state index is 0.0627. The lowest BCUT2D eigenvalue weighted by Gasteiger charge is -2.43. The summed E-state index contributed by atoms with van der Waals surface area (Å²) in [7, 11) is 0. The number of cyclic esters (lactones) is 1. The molecule has 4 nitrogen and oxygen atoms in total. The predicted octanol–water partition coefficient (Wildman–Crippen LogP) is 5.92. The van der Waals surface area contributed by atoms with Crippen molar-refractivity contribution in [3.63, 3.8) is 0 Å². The Balaban J connectivity index is 1.76. The fourth-order valence-electron chi connectivity index (χ4n) is 4.85. The Bertz CT molecular complexity index is 718. The van der Waals surface area contributed by atoms with Gasteiger partial charge < -0.3 is 9.47 Å². The van der Waals surface area contributed by atoms with E-state index in [1.54, 1.807) is 0 Å². The highest BCUT2D eigenvalue weighted by atomic mass is 35.5. The van der Waals surface area contributed by atoms with E-state index in [9.17, 15) is 9.59 Å². The van der Waals surface area contributed by atoms with E-state index < -0.39 is 11.5 Å². The smallest absolute Gasteiger partial charge is 0.317 e. The number of benzene rings is 1. The van der Waals surface area contributed by atoms with Crippen LogP contribution in [0.2, 0.25) is 5.02 Å². The van der Waals surface area contributed by atoms with Gasteiger partial charge in [-0.2, -0.15) is 0 Å². The molecule has 3 rings (SSSR count). The monoisotopic (exact) mass is 420 g/mol. The van der Waals surface area contributed by atoms with Crippen LogP contribution in [0.4, 0.5) is 0 Å². The molecule has 0 spiro atoms. The topological polar surface area (TPSA) is 52.6 Å². The third kappa shape index (κ3) is 5.14. The molecule has 2 atom stereocenters. The molecule has 1 aromatic rings. The van der Waals surface area contributed by atoms with Crippen molar-refractivity contribution in [3.05, 3.63) is 28.8 Å². The highest BCUT2D eigenvalue weighted by molar-refractivity contribution is 6.32.